The van der Waals surface area contributed by atoms with Crippen molar-refractivity contribution in [3.05, 3.63) is 56.6 Å². The highest BCUT2D eigenvalue weighted by atomic mass is 79.9. The molecule has 0 aliphatic heterocycles. The Bertz CT molecular complexity index is 599. The third-order valence-corrected chi connectivity index (χ3v) is 3.69. The molecule has 0 saturated heterocycles. The average molecular weight is 370 g/mol. The summed E-state index contributed by atoms with van der Waals surface area (Å²) in [5.41, 5.74) is 1.68. The molecule has 0 bridgehead atoms. The number of hydrogen-bond acceptors (Lipinski definition) is 2. The molecule has 0 saturated carbocycles. The molecule has 92 valence electrons. The lowest BCUT2D eigenvalue weighted by atomic mass is 10.1. The highest BCUT2D eigenvalue weighted by Gasteiger charge is 2.08. The molecule has 3 nitrogen and oxygen atoms in total. The van der Waals surface area contributed by atoms with E-state index in [0.717, 1.165) is 10.0 Å². The third kappa shape index (κ3) is 3.17. The van der Waals surface area contributed by atoms with Gasteiger partial charge in [-0.05, 0) is 52.7 Å². The molecule has 2 aromatic rings. The van der Waals surface area contributed by atoms with Crippen LogP contribution in [-0.4, -0.2) is 10.9 Å². The molecule has 1 aromatic carbocycles. The van der Waals surface area contributed by atoms with Gasteiger partial charge in [0.2, 0.25) is 0 Å². The van der Waals surface area contributed by atoms with E-state index in [9.17, 15) is 4.79 Å². The maximum atomic E-state index is 12.0. The van der Waals surface area contributed by atoms with E-state index in [0.29, 0.717) is 16.0 Å². The third-order valence-electron chi connectivity index (χ3n) is 2.39. The van der Waals surface area contributed by atoms with E-state index >= 15 is 0 Å². The fourth-order valence-electron chi connectivity index (χ4n) is 1.40. The monoisotopic (exact) mass is 368 g/mol. The van der Waals surface area contributed by atoms with Crippen molar-refractivity contribution >= 4 is 43.6 Å². The van der Waals surface area contributed by atoms with Crippen LogP contribution in [0.3, 0.4) is 0 Å². The van der Waals surface area contributed by atoms with Gasteiger partial charge in [0.05, 0.1) is 0 Å². The zero-order chi connectivity index (χ0) is 13.1. The molecule has 0 aliphatic carbocycles. The average Bonchev–Trinajstić information content (AvgIpc) is 2.32. The Morgan fingerprint density at radius 3 is 2.67 bits per heavy atom. The second kappa shape index (κ2) is 5.63. The van der Waals surface area contributed by atoms with Crippen molar-refractivity contribution in [1.29, 1.82) is 0 Å². The number of nitrogens with one attached hydrogen (secondary N) is 1. The van der Waals surface area contributed by atoms with Gasteiger partial charge in [0.15, 0.2) is 0 Å². The van der Waals surface area contributed by atoms with Gasteiger partial charge >= 0.3 is 0 Å². The molecule has 1 heterocycles. The first-order valence-electron chi connectivity index (χ1n) is 5.26. The van der Waals surface area contributed by atoms with Crippen LogP contribution in [0.2, 0.25) is 0 Å². The minimum atomic E-state index is -0.179. The Kier molecular flexibility index (Phi) is 4.14. The quantitative estimate of drug-likeness (QED) is 0.807. The van der Waals surface area contributed by atoms with E-state index in [4.69, 9.17) is 0 Å². The molecule has 0 fully saturated rings. The highest BCUT2D eigenvalue weighted by Crippen LogP contribution is 2.18. The number of aromatic nitrogens is 1. The van der Waals surface area contributed by atoms with Crippen molar-refractivity contribution in [2.24, 2.45) is 0 Å². The van der Waals surface area contributed by atoms with E-state index in [2.05, 4.69) is 42.2 Å². The van der Waals surface area contributed by atoms with Gasteiger partial charge in [0.25, 0.3) is 5.91 Å². The van der Waals surface area contributed by atoms with Crippen LogP contribution in [0.4, 0.5) is 5.82 Å². The fraction of sp³-hybridized carbons (Fsp3) is 0.0769. The minimum absolute atomic E-state index is 0.179. The lowest BCUT2D eigenvalue weighted by Crippen LogP contribution is -2.13. The predicted molar refractivity (Wildman–Crippen MR) is 78.8 cm³/mol. The Balaban J connectivity index is 2.19. The van der Waals surface area contributed by atoms with Crippen molar-refractivity contribution in [3.8, 4) is 0 Å². The number of benzene rings is 1. The van der Waals surface area contributed by atoms with Crippen molar-refractivity contribution in [3.63, 3.8) is 0 Å². The largest absolute Gasteiger partial charge is 0.307 e. The Hall–Kier alpha value is -1.20. The molecule has 1 N–H and O–H groups in total. The summed E-state index contributed by atoms with van der Waals surface area (Å²) in [5, 5.41) is 2.74. The SMILES string of the molecule is Cc1ccc(C(=O)Nc2cccc(Br)n2)cc1Br. The number of amides is 1. The number of anilines is 1. The summed E-state index contributed by atoms with van der Waals surface area (Å²) in [6.07, 6.45) is 0. The van der Waals surface area contributed by atoms with Crippen LogP contribution in [0, 0.1) is 6.92 Å². The molecule has 18 heavy (non-hydrogen) atoms. The molecule has 0 atom stereocenters. The van der Waals surface area contributed by atoms with E-state index in [1.807, 2.05) is 19.1 Å². The molecule has 2 rings (SSSR count). The normalized spacial score (nSPS) is 10.2. The molecule has 1 amide bonds. The van der Waals surface area contributed by atoms with E-state index in [-0.39, 0.29) is 5.91 Å². The van der Waals surface area contributed by atoms with Crippen LogP contribution in [0.15, 0.2) is 45.5 Å². The number of pyridine rings is 1. The van der Waals surface area contributed by atoms with E-state index < -0.39 is 0 Å². The standard InChI is InChI=1S/C13H10Br2N2O/c1-8-5-6-9(7-10(8)14)13(18)17-12-4-2-3-11(15)16-12/h2-7H,1H3,(H,16,17,18). The molecular formula is C13H10Br2N2O. The van der Waals surface area contributed by atoms with Gasteiger partial charge < -0.3 is 5.32 Å². The second-order valence-corrected chi connectivity index (χ2v) is 5.43. The molecular weight excluding hydrogens is 360 g/mol. The first-order chi connectivity index (χ1) is 8.56. The first kappa shape index (κ1) is 13.2. The van der Waals surface area contributed by atoms with Gasteiger partial charge in [-0.3, -0.25) is 4.79 Å². The van der Waals surface area contributed by atoms with Crippen LogP contribution in [0.25, 0.3) is 0 Å². The topological polar surface area (TPSA) is 42.0 Å². The van der Waals surface area contributed by atoms with Gasteiger partial charge in [-0.15, -0.1) is 0 Å². The second-order valence-electron chi connectivity index (χ2n) is 3.76. The van der Waals surface area contributed by atoms with Crippen molar-refractivity contribution < 1.29 is 4.79 Å². The van der Waals surface area contributed by atoms with Gasteiger partial charge in [0, 0.05) is 10.0 Å². The molecule has 0 unspecified atom stereocenters. The lowest BCUT2D eigenvalue weighted by molar-refractivity contribution is 0.102. The minimum Gasteiger partial charge on any atom is -0.307 e. The summed E-state index contributed by atoms with van der Waals surface area (Å²) >= 11 is 6.67. The number of aryl methyl sites for hydroxylation is 1. The Labute approximate surface area is 122 Å². The number of rotatable bonds is 2. The van der Waals surface area contributed by atoms with Crippen LogP contribution in [0.1, 0.15) is 15.9 Å². The summed E-state index contributed by atoms with van der Waals surface area (Å²) in [6, 6.07) is 10.8. The number of nitrogens with zero attached hydrogens (tertiary/aromatic N) is 1. The molecule has 1 aromatic heterocycles. The van der Waals surface area contributed by atoms with E-state index in [1.165, 1.54) is 0 Å². The number of hydrogen-bond donors (Lipinski definition) is 1. The fourth-order valence-corrected chi connectivity index (χ4v) is 2.12. The first-order valence-corrected chi connectivity index (χ1v) is 6.85. The predicted octanol–water partition coefficient (Wildman–Crippen LogP) is 4.17. The van der Waals surface area contributed by atoms with Crippen molar-refractivity contribution in [2.75, 3.05) is 5.32 Å². The van der Waals surface area contributed by atoms with Gasteiger partial charge in [-0.2, -0.15) is 0 Å². The van der Waals surface area contributed by atoms with Gasteiger partial charge in [-0.25, -0.2) is 4.98 Å². The zero-order valence-corrected chi connectivity index (χ0v) is 12.7. The van der Waals surface area contributed by atoms with Crippen LogP contribution >= 0.6 is 31.9 Å². The summed E-state index contributed by atoms with van der Waals surface area (Å²) in [4.78, 5) is 16.2. The van der Waals surface area contributed by atoms with Crippen LogP contribution in [0.5, 0.6) is 0 Å². The summed E-state index contributed by atoms with van der Waals surface area (Å²) in [7, 11) is 0. The Morgan fingerprint density at radius 1 is 1.22 bits per heavy atom. The summed E-state index contributed by atoms with van der Waals surface area (Å²) < 4.78 is 1.60. The Morgan fingerprint density at radius 2 is 2.00 bits per heavy atom. The van der Waals surface area contributed by atoms with Gasteiger partial charge in [0.1, 0.15) is 10.4 Å². The summed E-state index contributed by atoms with van der Waals surface area (Å²) in [6.45, 7) is 1.97. The molecule has 0 aliphatic rings. The van der Waals surface area contributed by atoms with E-state index in [1.54, 1.807) is 24.3 Å². The number of carbonyl (C=O) groups is 1. The lowest BCUT2D eigenvalue weighted by Gasteiger charge is -2.06. The van der Waals surface area contributed by atoms with Crippen LogP contribution in [-0.2, 0) is 0 Å². The molecule has 0 radical (unpaired) electrons. The zero-order valence-electron chi connectivity index (χ0n) is 9.58. The van der Waals surface area contributed by atoms with Crippen LogP contribution < -0.4 is 5.32 Å². The van der Waals surface area contributed by atoms with Crippen molar-refractivity contribution in [2.45, 2.75) is 6.92 Å². The van der Waals surface area contributed by atoms with Crippen molar-refractivity contribution in [1.82, 2.24) is 4.98 Å². The molecule has 0 spiro atoms. The molecule has 5 heteroatoms. The summed E-state index contributed by atoms with van der Waals surface area (Å²) in [5.74, 6) is 0.340. The number of halogens is 2. The maximum Gasteiger partial charge on any atom is 0.256 e. The number of carbonyl (C=O) groups excluding carboxylic acids is 1. The maximum absolute atomic E-state index is 12.0. The van der Waals surface area contributed by atoms with Gasteiger partial charge in [-0.1, -0.05) is 28.1 Å². The highest BCUT2D eigenvalue weighted by molar-refractivity contribution is 9.10. The smallest absolute Gasteiger partial charge is 0.256 e.